The molecule has 0 aliphatic carbocycles. The number of fused-ring (bicyclic) bond motifs is 2. The predicted octanol–water partition coefficient (Wildman–Crippen LogP) is 4.97. The fourth-order valence-corrected chi connectivity index (χ4v) is 3.80. The van der Waals surface area contributed by atoms with Crippen LogP contribution in [0, 0.1) is 6.92 Å². The van der Waals surface area contributed by atoms with Crippen molar-refractivity contribution in [2.24, 2.45) is 0 Å². The summed E-state index contributed by atoms with van der Waals surface area (Å²) in [6.07, 6.45) is 1.63. The molecule has 0 bridgehead atoms. The third-order valence-electron chi connectivity index (χ3n) is 5.39. The van der Waals surface area contributed by atoms with Crippen molar-refractivity contribution >= 4 is 33.7 Å². The minimum atomic E-state index is -0.552. The van der Waals surface area contributed by atoms with Crippen molar-refractivity contribution in [1.82, 2.24) is 19.7 Å². The Morgan fingerprint density at radius 3 is 2.58 bits per heavy atom. The molecule has 0 aliphatic rings. The first-order chi connectivity index (χ1) is 14.8. The van der Waals surface area contributed by atoms with E-state index in [4.69, 9.17) is 9.72 Å². The minimum Gasteiger partial charge on any atom is -0.454 e. The maximum atomic E-state index is 13.0. The average molecular weight is 418 g/mol. The van der Waals surface area contributed by atoms with Crippen molar-refractivity contribution in [3.05, 3.63) is 59.0 Å². The molecule has 0 fully saturated rings. The molecule has 4 aromatic rings. The number of carbonyl (C=O) groups is 2. The smallest absolute Gasteiger partial charge is 0.339 e. The number of aryl methyl sites for hydroxylation is 1. The van der Waals surface area contributed by atoms with E-state index in [-0.39, 0.29) is 24.3 Å². The minimum absolute atomic E-state index is 0.0997. The van der Waals surface area contributed by atoms with Crippen molar-refractivity contribution in [1.29, 1.82) is 0 Å². The summed E-state index contributed by atoms with van der Waals surface area (Å²) in [6.45, 7) is 9.56. The van der Waals surface area contributed by atoms with Crippen LogP contribution in [0.5, 0.6) is 0 Å². The van der Waals surface area contributed by atoms with Gasteiger partial charge in [0.2, 0.25) is 5.78 Å². The van der Waals surface area contributed by atoms with Crippen LogP contribution in [0.15, 0.2) is 36.5 Å². The fraction of sp³-hybridized carbons (Fsp3) is 0.333. The van der Waals surface area contributed by atoms with Crippen LogP contribution in [0.25, 0.3) is 21.9 Å². The summed E-state index contributed by atoms with van der Waals surface area (Å²) in [5.74, 6) is -0.666. The van der Waals surface area contributed by atoms with Gasteiger partial charge in [0.05, 0.1) is 17.1 Å². The van der Waals surface area contributed by atoms with E-state index in [1.165, 1.54) is 0 Å². The van der Waals surface area contributed by atoms with E-state index in [0.29, 0.717) is 22.2 Å². The zero-order valence-corrected chi connectivity index (χ0v) is 18.4. The van der Waals surface area contributed by atoms with Gasteiger partial charge in [0, 0.05) is 33.9 Å². The molecule has 0 aliphatic heterocycles. The highest BCUT2D eigenvalue weighted by Gasteiger charge is 2.22. The summed E-state index contributed by atoms with van der Waals surface area (Å²) in [7, 11) is 0. The van der Waals surface area contributed by atoms with Crippen LogP contribution >= 0.6 is 0 Å². The number of esters is 1. The molecule has 0 saturated carbocycles. The van der Waals surface area contributed by atoms with E-state index < -0.39 is 5.97 Å². The Kier molecular flexibility index (Phi) is 5.35. The number of para-hydroxylation sites is 1. The first-order valence-electron chi connectivity index (χ1n) is 10.4. The van der Waals surface area contributed by atoms with Crippen LogP contribution < -0.4 is 0 Å². The van der Waals surface area contributed by atoms with Crippen LogP contribution in [0.3, 0.4) is 0 Å². The first kappa shape index (κ1) is 20.8. The number of Topliss-reactive ketones (excluding diaryl/α,β-unsaturated/α-hetero) is 1. The van der Waals surface area contributed by atoms with E-state index in [1.54, 1.807) is 16.9 Å². The Labute approximate surface area is 180 Å². The largest absolute Gasteiger partial charge is 0.454 e. The number of hydrogen-bond acceptors (Lipinski definition) is 5. The third kappa shape index (κ3) is 3.71. The van der Waals surface area contributed by atoms with E-state index in [2.05, 4.69) is 10.1 Å². The lowest BCUT2D eigenvalue weighted by atomic mass is 10.1. The van der Waals surface area contributed by atoms with Gasteiger partial charge in [-0.05, 0) is 38.8 Å². The molecule has 0 unspecified atom stereocenters. The van der Waals surface area contributed by atoms with Crippen molar-refractivity contribution in [2.45, 2.75) is 46.6 Å². The maximum Gasteiger partial charge on any atom is 0.339 e. The highest BCUT2D eigenvalue weighted by Crippen LogP contribution is 2.26. The number of rotatable bonds is 6. The van der Waals surface area contributed by atoms with Crippen LogP contribution in [0.1, 0.15) is 71.8 Å². The van der Waals surface area contributed by atoms with Gasteiger partial charge in [-0.15, -0.1) is 0 Å². The maximum absolute atomic E-state index is 13.0. The number of aromatic amines is 1. The molecule has 3 heterocycles. The number of nitrogens with one attached hydrogen (secondary N) is 1. The molecule has 0 spiro atoms. The quantitative estimate of drug-likeness (QED) is 0.353. The Hall–Kier alpha value is -3.48. The first-order valence-corrected chi connectivity index (χ1v) is 10.4. The van der Waals surface area contributed by atoms with Gasteiger partial charge in [-0.3, -0.25) is 4.79 Å². The summed E-state index contributed by atoms with van der Waals surface area (Å²) in [5.41, 5.74) is 4.00. The van der Waals surface area contributed by atoms with Gasteiger partial charge in [-0.2, -0.15) is 5.10 Å². The monoisotopic (exact) mass is 418 g/mol. The van der Waals surface area contributed by atoms with E-state index in [9.17, 15) is 9.59 Å². The zero-order valence-electron chi connectivity index (χ0n) is 18.4. The second-order valence-corrected chi connectivity index (χ2v) is 8.34. The van der Waals surface area contributed by atoms with Gasteiger partial charge >= 0.3 is 5.97 Å². The van der Waals surface area contributed by atoms with Gasteiger partial charge in [0.15, 0.2) is 12.3 Å². The number of benzene rings is 1. The summed E-state index contributed by atoms with van der Waals surface area (Å²) in [6, 6.07) is 9.43. The van der Waals surface area contributed by atoms with E-state index in [0.717, 1.165) is 22.3 Å². The van der Waals surface area contributed by atoms with E-state index in [1.807, 2.05) is 58.9 Å². The van der Waals surface area contributed by atoms with Crippen LogP contribution in [-0.2, 0) is 4.74 Å². The van der Waals surface area contributed by atoms with Gasteiger partial charge < -0.3 is 9.72 Å². The second kappa shape index (κ2) is 7.98. The number of H-pyrrole nitrogens is 1. The molecule has 31 heavy (non-hydrogen) atoms. The molecule has 0 saturated heterocycles. The van der Waals surface area contributed by atoms with Gasteiger partial charge in [-0.1, -0.05) is 32.0 Å². The molecule has 160 valence electrons. The molecule has 1 N–H and O–H groups in total. The summed E-state index contributed by atoms with van der Waals surface area (Å²) in [4.78, 5) is 33.8. The highest BCUT2D eigenvalue weighted by atomic mass is 16.5. The van der Waals surface area contributed by atoms with Crippen molar-refractivity contribution in [3.8, 4) is 0 Å². The van der Waals surface area contributed by atoms with Crippen molar-refractivity contribution < 1.29 is 14.3 Å². The molecule has 0 radical (unpaired) electrons. The normalized spacial score (nSPS) is 11.7. The van der Waals surface area contributed by atoms with Crippen LogP contribution in [-0.4, -0.2) is 38.1 Å². The number of ketones is 1. The molecule has 0 atom stereocenters. The summed E-state index contributed by atoms with van der Waals surface area (Å²) in [5, 5.41) is 5.85. The zero-order chi connectivity index (χ0) is 22.3. The van der Waals surface area contributed by atoms with Crippen molar-refractivity contribution in [2.75, 3.05) is 6.61 Å². The standard InChI is InChI=1S/C24H26N4O3/c1-13(2)20-10-17(18-11-25-28(14(3)4)23(18)27-20)24(30)31-12-21(29)22-15(5)26-19-9-7-6-8-16(19)22/h6-11,13-14,26H,12H2,1-5H3. The molecule has 3 aromatic heterocycles. The summed E-state index contributed by atoms with van der Waals surface area (Å²) >= 11 is 0. The van der Waals surface area contributed by atoms with Gasteiger partial charge in [0.1, 0.15) is 0 Å². The molecule has 7 nitrogen and oxygen atoms in total. The summed E-state index contributed by atoms with van der Waals surface area (Å²) < 4.78 is 7.25. The Morgan fingerprint density at radius 1 is 1.13 bits per heavy atom. The lowest BCUT2D eigenvalue weighted by Gasteiger charge is -2.12. The predicted molar refractivity (Wildman–Crippen MR) is 120 cm³/mol. The molecule has 1 aromatic carbocycles. The third-order valence-corrected chi connectivity index (χ3v) is 5.39. The number of ether oxygens (including phenoxy) is 1. The molecular formula is C24H26N4O3. The molecule has 7 heteroatoms. The van der Waals surface area contributed by atoms with Crippen molar-refractivity contribution in [3.63, 3.8) is 0 Å². The Bertz CT molecular complexity index is 1300. The highest BCUT2D eigenvalue weighted by molar-refractivity contribution is 6.11. The molecule has 4 rings (SSSR count). The van der Waals surface area contributed by atoms with Crippen LogP contribution in [0.4, 0.5) is 0 Å². The van der Waals surface area contributed by atoms with Crippen LogP contribution in [0.2, 0.25) is 0 Å². The fourth-order valence-electron chi connectivity index (χ4n) is 3.80. The number of nitrogens with zero attached hydrogens (tertiary/aromatic N) is 3. The van der Waals surface area contributed by atoms with Gasteiger partial charge in [0.25, 0.3) is 0 Å². The number of pyridine rings is 1. The number of aromatic nitrogens is 4. The Balaban J connectivity index is 1.64. The second-order valence-electron chi connectivity index (χ2n) is 8.34. The Morgan fingerprint density at radius 2 is 1.87 bits per heavy atom. The number of carbonyl (C=O) groups excluding carboxylic acids is 2. The van der Waals surface area contributed by atoms with E-state index >= 15 is 0 Å². The topological polar surface area (TPSA) is 89.9 Å². The van der Waals surface area contributed by atoms with Gasteiger partial charge in [-0.25, -0.2) is 14.5 Å². The number of hydrogen-bond donors (Lipinski definition) is 1. The average Bonchev–Trinajstić information content (AvgIpc) is 3.31. The lowest BCUT2D eigenvalue weighted by molar-refractivity contribution is 0.0476. The lowest BCUT2D eigenvalue weighted by Crippen LogP contribution is -2.16. The SMILES string of the molecule is Cc1[nH]c2ccccc2c1C(=O)COC(=O)c1cc(C(C)C)nc2c1cnn2C(C)C. The molecule has 0 amide bonds. The molecular weight excluding hydrogens is 392 g/mol.